The molecule has 3 N–H and O–H groups in total. The van der Waals surface area contributed by atoms with Crippen LogP contribution in [0.25, 0.3) is 0 Å². The maximum Gasteiger partial charge on any atom is 0.251 e. The molecule has 0 radical (unpaired) electrons. The van der Waals surface area contributed by atoms with Crippen molar-refractivity contribution in [3.8, 4) is 0 Å². The normalized spacial score (nSPS) is 12.0. The molecule has 0 aromatic heterocycles. The maximum atomic E-state index is 12.5. The topological polar surface area (TPSA) is 121 Å². The Labute approximate surface area is 182 Å². The zero-order valence-corrected chi connectivity index (χ0v) is 19.2. The van der Waals surface area contributed by atoms with Gasteiger partial charge in [-0.2, -0.15) is 0 Å². The first-order chi connectivity index (χ1) is 13.9. The molecule has 30 heavy (non-hydrogen) atoms. The fraction of sp³-hybridized carbons (Fsp3) is 0.316. The summed E-state index contributed by atoms with van der Waals surface area (Å²) in [5.74, 6) is -0.665. The molecule has 8 nitrogen and oxygen atoms in total. The van der Waals surface area contributed by atoms with Gasteiger partial charge in [0.05, 0.1) is 22.7 Å². The molecule has 0 spiro atoms. The molecule has 0 saturated carbocycles. The van der Waals surface area contributed by atoms with Gasteiger partial charge in [-0.15, -0.1) is 0 Å². The Balaban J connectivity index is 2.15. The first kappa shape index (κ1) is 24.1. The predicted molar refractivity (Wildman–Crippen MR) is 118 cm³/mol. The summed E-state index contributed by atoms with van der Waals surface area (Å²) in [5, 5.41) is 2.87. The van der Waals surface area contributed by atoms with Crippen LogP contribution in [0.5, 0.6) is 0 Å². The molecule has 164 valence electrons. The maximum absolute atomic E-state index is 12.5. The van der Waals surface area contributed by atoms with Crippen molar-refractivity contribution < 1.29 is 21.6 Å². The predicted octanol–water partition coefficient (Wildman–Crippen LogP) is 2.47. The second-order valence-corrected chi connectivity index (χ2v) is 11.0. The Morgan fingerprint density at radius 1 is 1.03 bits per heavy atom. The molecule has 0 saturated heterocycles. The van der Waals surface area contributed by atoms with Crippen molar-refractivity contribution in [2.24, 2.45) is 0 Å². The number of hydrogen-bond acceptors (Lipinski definition) is 5. The Morgan fingerprint density at radius 2 is 1.67 bits per heavy atom. The highest BCUT2D eigenvalue weighted by Gasteiger charge is 2.16. The van der Waals surface area contributed by atoms with Crippen LogP contribution in [-0.2, 0) is 32.3 Å². The van der Waals surface area contributed by atoms with Gasteiger partial charge < -0.3 is 5.32 Å². The van der Waals surface area contributed by atoms with Gasteiger partial charge in [-0.05, 0) is 43.2 Å². The molecule has 0 aliphatic heterocycles. The van der Waals surface area contributed by atoms with Crippen LogP contribution in [0.3, 0.4) is 0 Å². The lowest BCUT2D eigenvalue weighted by atomic mass is 10.1. The number of carbonyl (C=O) groups excluding carboxylic acids is 1. The molecule has 0 heterocycles. The van der Waals surface area contributed by atoms with Gasteiger partial charge in [-0.1, -0.05) is 35.9 Å². The minimum Gasteiger partial charge on any atom is -0.348 e. The summed E-state index contributed by atoms with van der Waals surface area (Å²) in [6, 6.07) is 10.9. The number of amides is 1. The molecule has 11 heteroatoms. The van der Waals surface area contributed by atoms with Crippen LogP contribution in [0, 0.1) is 0 Å². The van der Waals surface area contributed by atoms with Crippen molar-refractivity contribution in [2.45, 2.75) is 32.2 Å². The van der Waals surface area contributed by atoms with Crippen molar-refractivity contribution >= 4 is 43.2 Å². The molecule has 0 bridgehead atoms. The Bertz CT molecular complexity index is 1130. The Hall–Kier alpha value is -2.14. The quantitative estimate of drug-likeness (QED) is 0.516. The lowest BCUT2D eigenvalue weighted by Crippen LogP contribution is -2.32. The fourth-order valence-electron chi connectivity index (χ4n) is 2.70. The summed E-state index contributed by atoms with van der Waals surface area (Å²) >= 11 is 5.98. The Morgan fingerprint density at radius 3 is 2.27 bits per heavy atom. The minimum absolute atomic E-state index is 0.0954. The van der Waals surface area contributed by atoms with Gasteiger partial charge in [0.15, 0.2) is 0 Å². The first-order valence-corrected chi connectivity index (χ1v) is 12.9. The van der Waals surface area contributed by atoms with E-state index < -0.39 is 26.0 Å². The van der Waals surface area contributed by atoms with Gasteiger partial charge in [0.1, 0.15) is 0 Å². The SMILES string of the molecule is CC(C)NS(=O)(=O)Cc1ccccc1CNC(=O)c1ccc(Cl)c(NS(C)(=O)=O)c1. The number of nitrogens with one attached hydrogen (secondary N) is 3. The van der Waals surface area contributed by atoms with E-state index in [1.807, 2.05) is 0 Å². The number of anilines is 1. The summed E-state index contributed by atoms with van der Waals surface area (Å²) in [4.78, 5) is 12.5. The summed E-state index contributed by atoms with van der Waals surface area (Å²) in [7, 11) is -7.08. The summed E-state index contributed by atoms with van der Waals surface area (Å²) in [6.45, 7) is 3.58. The fourth-order valence-corrected chi connectivity index (χ4v) is 4.98. The van der Waals surface area contributed by atoms with Crippen molar-refractivity contribution in [3.63, 3.8) is 0 Å². The van der Waals surface area contributed by atoms with Gasteiger partial charge in [0, 0.05) is 18.2 Å². The molecule has 0 aliphatic rings. The molecule has 2 aromatic carbocycles. The van der Waals surface area contributed by atoms with E-state index in [4.69, 9.17) is 11.6 Å². The average molecular weight is 474 g/mol. The summed E-state index contributed by atoms with van der Waals surface area (Å²) in [5.41, 5.74) is 1.53. The van der Waals surface area contributed by atoms with Gasteiger partial charge >= 0.3 is 0 Å². The molecule has 0 fully saturated rings. The van der Waals surface area contributed by atoms with E-state index in [0.717, 1.165) is 6.26 Å². The molecule has 0 atom stereocenters. The van der Waals surface area contributed by atoms with Gasteiger partial charge in [0.2, 0.25) is 20.0 Å². The summed E-state index contributed by atoms with van der Waals surface area (Å²) in [6.07, 6.45) is 0.981. The summed E-state index contributed by atoms with van der Waals surface area (Å²) < 4.78 is 52.1. The largest absolute Gasteiger partial charge is 0.348 e. The van der Waals surface area contributed by atoms with Gasteiger partial charge in [-0.25, -0.2) is 21.6 Å². The molecule has 2 aromatic rings. The van der Waals surface area contributed by atoms with Crippen molar-refractivity contribution in [1.82, 2.24) is 10.0 Å². The average Bonchev–Trinajstić information content (AvgIpc) is 2.60. The third-order valence-electron chi connectivity index (χ3n) is 3.84. The third-order valence-corrected chi connectivity index (χ3v) is 6.28. The number of halogens is 1. The monoisotopic (exact) mass is 473 g/mol. The minimum atomic E-state index is -3.56. The van der Waals surface area contributed by atoms with Crippen LogP contribution >= 0.6 is 11.6 Å². The lowest BCUT2D eigenvalue weighted by Gasteiger charge is -2.14. The van der Waals surface area contributed by atoms with E-state index in [-0.39, 0.29) is 34.6 Å². The highest BCUT2D eigenvalue weighted by atomic mass is 35.5. The van der Waals surface area contributed by atoms with Crippen LogP contribution < -0.4 is 14.8 Å². The van der Waals surface area contributed by atoms with E-state index in [0.29, 0.717) is 11.1 Å². The first-order valence-electron chi connectivity index (χ1n) is 8.98. The smallest absolute Gasteiger partial charge is 0.251 e. The highest BCUT2D eigenvalue weighted by Crippen LogP contribution is 2.24. The zero-order chi connectivity index (χ0) is 22.5. The van der Waals surface area contributed by atoms with E-state index in [9.17, 15) is 21.6 Å². The zero-order valence-electron chi connectivity index (χ0n) is 16.8. The van der Waals surface area contributed by atoms with E-state index in [2.05, 4.69) is 14.8 Å². The van der Waals surface area contributed by atoms with E-state index in [1.165, 1.54) is 18.2 Å². The second kappa shape index (κ2) is 9.78. The number of benzene rings is 2. The van der Waals surface area contributed by atoms with Crippen molar-refractivity contribution in [1.29, 1.82) is 0 Å². The van der Waals surface area contributed by atoms with Crippen LogP contribution in [0.1, 0.15) is 35.3 Å². The van der Waals surface area contributed by atoms with Crippen molar-refractivity contribution in [3.05, 3.63) is 64.2 Å². The highest BCUT2D eigenvalue weighted by molar-refractivity contribution is 7.92. The molecular weight excluding hydrogens is 450 g/mol. The third kappa shape index (κ3) is 7.60. The van der Waals surface area contributed by atoms with Gasteiger partial charge in [0.25, 0.3) is 5.91 Å². The van der Waals surface area contributed by atoms with E-state index in [1.54, 1.807) is 38.1 Å². The molecule has 2 rings (SSSR count). The molecular formula is C19H24ClN3O5S2. The number of carbonyl (C=O) groups is 1. The molecule has 0 aliphatic carbocycles. The van der Waals surface area contributed by atoms with Crippen LogP contribution in [-0.4, -0.2) is 35.0 Å². The van der Waals surface area contributed by atoms with Crippen LogP contribution in [0.15, 0.2) is 42.5 Å². The standard InChI is InChI=1S/C19H24ClN3O5S2/c1-13(2)22-30(27,28)12-16-7-5-4-6-15(16)11-21-19(24)14-8-9-17(20)18(10-14)23-29(3,25)26/h4-10,13,22-23H,11-12H2,1-3H3,(H,21,24). The van der Waals surface area contributed by atoms with Crippen molar-refractivity contribution in [2.75, 3.05) is 11.0 Å². The number of sulfonamides is 2. The number of rotatable bonds is 9. The van der Waals surface area contributed by atoms with Crippen LogP contribution in [0.2, 0.25) is 5.02 Å². The van der Waals surface area contributed by atoms with Gasteiger partial charge in [-0.3, -0.25) is 9.52 Å². The van der Waals surface area contributed by atoms with E-state index >= 15 is 0 Å². The number of hydrogen-bond donors (Lipinski definition) is 3. The van der Waals surface area contributed by atoms with Crippen LogP contribution in [0.4, 0.5) is 5.69 Å². The molecule has 0 unspecified atom stereocenters. The molecule has 1 amide bonds. The Kier molecular flexibility index (Phi) is 7.87. The second-order valence-electron chi connectivity index (χ2n) is 7.05. The lowest BCUT2D eigenvalue weighted by molar-refractivity contribution is 0.0951.